The first-order valence-electron chi connectivity index (χ1n) is 9.24. The van der Waals surface area contributed by atoms with E-state index in [1.165, 1.54) is 12.1 Å². The van der Waals surface area contributed by atoms with Gasteiger partial charge in [0, 0.05) is 31.9 Å². The summed E-state index contributed by atoms with van der Waals surface area (Å²) in [6.07, 6.45) is 3.98. The predicted molar refractivity (Wildman–Crippen MR) is 102 cm³/mol. The maximum Gasteiger partial charge on any atom is 0.254 e. The molecule has 1 aliphatic rings. The highest BCUT2D eigenvalue weighted by atomic mass is 19.1. The van der Waals surface area contributed by atoms with Gasteiger partial charge in [-0.05, 0) is 61.1 Å². The fraction of sp³-hybridized carbons (Fsp3) is 0.364. The third-order valence-electron chi connectivity index (χ3n) is 5.07. The number of rotatable bonds is 5. The van der Waals surface area contributed by atoms with E-state index in [4.69, 9.17) is 10.00 Å². The fourth-order valence-electron chi connectivity index (χ4n) is 3.61. The number of nitrogens with zero attached hydrogens (tertiary/aromatic N) is 2. The Morgan fingerprint density at radius 1 is 1.26 bits per heavy atom. The normalized spacial score (nSPS) is 16.8. The van der Waals surface area contributed by atoms with E-state index in [0.717, 1.165) is 43.4 Å². The van der Waals surface area contributed by atoms with Crippen LogP contribution in [0.3, 0.4) is 0 Å². The van der Waals surface area contributed by atoms with Gasteiger partial charge in [0.25, 0.3) is 5.91 Å². The number of carbonyl (C=O) groups is 1. The number of hydrogen-bond donors (Lipinski definition) is 0. The quantitative estimate of drug-likeness (QED) is 0.788. The van der Waals surface area contributed by atoms with E-state index in [1.54, 1.807) is 13.2 Å². The van der Waals surface area contributed by atoms with Crippen LogP contribution < -0.4 is 0 Å². The Hall–Kier alpha value is -2.71. The van der Waals surface area contributed by atoms with Crippen molar-refractivity contribution in [3.63, 3.8) is 0 Å². The summed E-state index contributed by atoms with van der Waals surface area (Å²) in [6, 6.07) is 13.8. The van der Waals surface area contributed by atoms with Crippen molar-refractivity contribution < 1.29 is 13.9 Å². The third kappa shape index (κ3) is 4.35. The molecule has 1 aliphatic heterocycles. The summed E-state index contributed by atoms with van der Waals surface area (Å²) in [5.41, 5.74) is 2.12. The molecule has 1 amide bonds. The van der Waals surface area contributed by atoms with Gasteiger partial charge in [0.15, 0.2) is 0 Å². The lowest BCUT2D eigenvalue weighted by atomic mass is 9.97. The van der Waals surface area contributed by atoms with Gasteiger partial charge in [-0.3, -0.25) is 4.79 Å². The van der Waals surface area contributed by atoms with Gasteiger partial charge in [-0.2, -0.15) is 5.26 Å². The summed E-state index contributed by atoms with van der Waals surface area (Å²) >= 11 is 0. The molecule has 0 saturated carbocycles. The van der Waals surface area contributed by atoms with Crippen molar-refractivity contribution in [2.75, 3.05) is 20.3 Å². The number of ether oxygens (including phenoxy) is 1. The molecular formula is C22H23FN2O2. The first-order chi connectivity index (χ1) is 13.1. The number of methoxy groups -OCH3 is 1. The lowest BCUT2D eigenvalue weighted by Gasteiger charge is -2.36. The first kappa shape index (κ1) is 19.1. The second kappa shape index (κ2) is 8.79. The van der Waals surface area contributed by atoms with Crippen LogP contribution >= 0.6 is 0 Å². The number of amides is 1. The maximum atomic E-state index is 13.6. The van der Waals surface area contributed by atoms with Crippen molar-refractivity contribution in [1.82, 2.24) is 4.90 Å². The number of carbonyl (C=O) groups excluding carboxylic acids is 1. The van der Waals surface area contributed by atoms with Crippen molar-refractivity contribution >= 4 is 5.91 Å². The van der Waals surface area contributed by atoms with Crippen molar-refractivity contribution in [2.24, 2.45) is 0 Å². The van der Waals surface area contributed by atoms with Crippen LogP contribution in [0.15, 0.2) is 42.5 Å². The zero-order valence-corrected chi connectivity index (χ0v) is 15.5. The largest absolute Gasteiger partial charge is 0.385 e. The molecule has 1 fully saturated rings. The van der Waals surface area contributed by atoms with Crippen LogP contribution in [-0.4, -0.2) is 37.1 Å². The molecule has 27 heavy (non-hydrogen) atoms. The Morgan fingerprint density at radius 2 is 2.07 bits per heavy atom. The fourth-order valence-corrected chi connectivity index (χ4v) is 3.61. The van der Waals surface area contributed by atoms with Gasteiger partial charge >= 0.3 is 0 Å². The molecule has 0 N–H and O–H groups in total. The van der Waals surface area contributed by atoms with E-state index in [-0.39, 0.29) is 17.5 Å². The summed E-state index contributed by atoms with van der Waals surface area (Å²) in [7, 11) is 1.68. The average Bonchev–Trinajstić information content (AvgIpc) is 2.72. The second-order valence-electron chi connectivity index (χ2n) is 6.82. The topological polar surface area (TPSA) is 53.3 Å². The molecule has 0 bridgehead atoms. The van der Waals surface area contributed by atoms with E-state index in [0.29, 0.717) is 12.2 Å². The Bertz CT molecular complexity index is 860. The highest BCUT2D eigenvalue weighted by Crippen LogP contribution is 2.26. The van der Waals surface area contributed by atoms with E-state index in [1.807, 2.05) is 35.2 Å². The second-order valence-corrected chi connectivity index (χ2v) is 6.82. The number of piperidine rings is 1. The zero-order valence-electron chi connectivity index (χ0n) is 15.5. The minimum absolute atomic E-state index is 0.000102. The van der Waals surface area contributed by atoms with Gasteiger partial charge in [-0.15, -0.1) is 0 Å². The molecule has 1 saturated heterocycles. The van der Waals surface area contributed by atoms with Crippen LogP contribution in [-0.2, 0) is 4.74 Å². The highest BCUT2D eigenvalue weighted by molar-refractivity contribution is 5.95. The summed E-state index contributed by atoms with van der Waals surface area (Å²) in [4.78, 5) is 15.1. The van der Waals surface area contributed by atoms with Gasteiger partial charge < -0.3 is 9.64 Å². The molecule has 2 aromatic rings. The molecule has 0 aromatic heterocycles. The molecule has 0 aliphatic carbocycles. The van der Waals surface area contributed by atoms with Crippen molar-refractivity contribution in [1.29, 1.82) is 5.26 Å². The monoisotopic (exact) mass is 366 g/mol. The Labute approximate surface area is 159 Å². The third-order valence-corrected chi connectivity index (χ3v) is 5.07. The minimum Gasteiger partial charge on any atom is -0.385 e. The molecule has 0 spiro atoms. The van der Waals surface area contributed by atoms with Crippen LogP contribution in [0.4, 0.5) is 4.39 Å². The number of benzene rings is 2. The lowest BCUT2D eigenvalue weighted by Crippen LogP contribution is -2.44. The zero-order chi connectivity index (χ0) is 19.2. The van der Waals surface area contributed by atoms with Gasteiger partial charge in [0.2, 0.25) is 0 Å². The maximum absolute atomic E-state index is 13.6. The SMILES string of the molecule is COCC[C@@H]1CCCCN1C(=O)c1cccc(-c2ccc(F)c(C#N)c2)c1. The summed E-state index contributed by atoms with van der Waals surface area (Å²) < 4.78 is 18.8. The molecular weight excluding hydrogens is 343 g/mol. The van der Waals surface area contributed by atoms with Crippen LogP contribution in [0.2, 0.25) is 0 Å². The number of nitriles is 1. The number of halogens is 1. The van der Waals surface area contributed by atoms with Gasteiger partial charge in [-0.1, -0.05) is 18.2 Å². The lowest BCUT2D eigenvalue weighted by molar-refractivity contribution is 0.0553. The molecule has 5 heteroatoms. The number of hydrogen-bond acceptors (Lipinski definition) is 3. The predicted octanol–water partition coefficient (Wildman–Crippen LogP) is 4.40. The average molecular weight is 366 g/mol. The summed E-state index contributed by atoms with van der Waals surface area (Å²) in [5.74, 6) is -0.525. The Morgan fingerprint density at radius 3 is 2.85 bits per heavy atom. The van der Waals surface area contributed by atoms with E-state index >= 15 is 0 Å². The molecule has 4 nitrogen and oxygen atoms in total. The summed E-state index contributed by atoms with van der Waals surface area (Å²) in [5, 5.41) is 9.04. The molecule has 0 unspecified atom stereocenters. The molecule has 0 radical (unpaired) electrons. The van der Waals surface area contributed by atoms with Crippen LogP contribution in [0, 0.1) is 17.1 Å². The van der Waals surface area contributed by atoms with Crippen molar-refractivity contribution in [3.05, 3.63) is 59.4 Å². The molecule has 1 atom stereocenters. The van der Waals surface area contributed by atoms with Crippen LogP contribution in [0.5, 0.6) is 0 Å². The Kier molecular flexibility index (Phi) is 6.20. The minimum atomic E-state index is -0.539. The molecule has 2 aromatic carbocycles. The van der Waals surface area contributed by atoms with Gasteiger partial charge in [-0.25, -0.2) is 4.39 Å². The van der Waals surface area contributed by atoms with Gasteiger partial charge in [0.05, 0.1) is 5.56 Å². The van der Waals surface area contributed by atoms with Crippen molar-refractivity contribution in [3.8, 4) is 17.2 Å². The van der Waals surface area contributed by atoms with Gasteiger partial charge in [0.1, 0.15) is 11.9 Å². The Balaban J connectivity index is 1.86. The van der Waals surface area contributed by atoms with Crippen molar-refractivity contribution in [2.45, 2.75) is 31.7 Å². The smallest absolute Gasteiger partial charge is 0.254 e. The molecule has 140 valence electrons. The van der Waals surface area contributed by atoms with Crippen LogP contribution in [0.25, 0.3) is 11.1 Å². The van der Waals surface area contributed by atoms with E-state index in [9.17, 15) is 9.18 Å². The van der Waals surface area contributed by atoms with E-state index in [2.05, 4.69) is 0 Å². The highest BCUT2D eigenvalue weighted by Gasteiger charge is 2.27. The first-order valence-corrected chi connectivity index (χ1v) is 9.24. The number of likely N-dealkylation sites (tertiary alicyclic amines) is 1. The molecule has 3 rings (SSSR count). The van der Waals surface area contributed by atoms with E-state index < -0.39 is 5.82 Å². The summed E-state index contributed by atoms with van der Waals surface area (Å²) in [6.45, 7) is 1.40. The molecule has 1 heterocycles. The van der Waals surface area contributed by atoms with Crippen LogP contribution in [0.1, 0.15) is 41.6 Å². The standard InChI is InChI=1S/C22H23FN2O2/c1-27-12-10-20-7-2-3-11-25(20)22(26)18-6-4-5-16(13-18)17-8-9-21(23)19(14-17)15-24/h4-6,8-9,13-14,20H,2-3,7,10-12H2,1H3/t20-/m0/s1.